The van der Waals surface area contributed by atoms with Gasteiger partial charge in [0, 0.05) is 5.92 Å². The number of ether oxygens (including phenoxy) is 1. The lowest BCUT2D eigenvalue weighted by Crippen LogP contribution is -2.26. The first kappa shape index (κ1) is 23.2. The van der Waals surface area contributed by atoms with Crippen LogP contribution in [0.3, 0.4) is 0 Å². The van der Waals surface area contributed by atoms with Crippen molar-refractivity contribution in [3.8, 4) is 0 Å². The fourth-order valence-corrected chi connectivity index (χ4v) is 3.94. The van der Waals surface area contributed by atoms with E-state index >= 15 is 0 Å². The molecule has 0 fully saturated rings. The third-order valence-corrected chi connectivity index (χ3v) is 5.76. The number of rotatable bonds is 18. The van der Waals surface area contributed by atoms with Crippen molar-refractivity contribution in [2.24, 2.45) is 10.9 Å². The van der Waals surface area contributed by atoms with E-state index in [0.29, 0.717) is 5.92 Å². The molecule has 0 spiro atoms. The zero-order chi connectivity index (χ0) is 18.9. The number of unbranched alkanes of at least 4 members (excludes halogenated alkanes) is 14. The van der Waals surface area contributed by atoms with Crippen molar-refractivity contribution in [1.82, 2.24) is 0 Å². The van der Waals surface area contributed by atoms with E-state index in [0.717, 1.165) is 12.8 Å². The van der Waals surface area contributed by atoms with Gasteiger partial charge in [0.25, 0.3) is 5.91 Å². The van der Waals surface area contributed by atoms with Crippen LogP contribution in [0.2, 0.25) is 0 Å². The van der Waals surface area contributed by atoms with Crippen LogP contribution in [0.5, 0.6) is 0 Å². The molecule has 0 aromatic rings. The van der Waals surface area contributed by atoms with Crippen molar-refractivity contribution in [2.75, 3.05) is 0 Å². The van der Waals surface area contributed by atoms with Crippen LogP contribution in [-0.4, -0.2) is 18.4 Å². The number of amides is 1. The van der Waals surface area contributed by atoms with E-state index in [4.69, 9.17) is 4.74 Å². The predicted octanol–water partition coefficient (Wildman–Crippen LogP) is 7.23. The molecule has 2 atom stereocenters. The fraction of sp³-hybridized carbons (Fsp3) is 0.913. The largest absolute Gasteiger partial charge is 0.470 e. The summed E-state index contributed by atoms with van der Waals surface area (Å²) in [5, 5.41) is 0. The first-order valence-corrected chi connectivity index (χ1v) is 11.5. The van der Waals surface area contributed by atoms with E-state index in [1.807, 2.05) is 0 Å². The second-order valence-electron chi connectivity index (χ2n) is 8.04. The van der Waals surface area contributed by atoms with E-state index in [-0.39, 0.29) is 12.0 Å². The highest BCUT2D eigenvalue weighted by Gasteiger charge is 2.30. The van der Waals surface area contributed by atoms with Crippen LogP contribution in [0.15, 0.2) is 4.99 Å². The number of hydrogen-bond acceptors (Lipinski definition) is 2. The molecule has 0 radical (unpaired) electrons. The van der Waals surface area contributed by atoms with Crippen LogP contribution >= 0.6 is 0 Å². The maximum Gasteiger partial charge on any atom is 0.289 e. The normalized spacial score (nSPS) is 17.6. The Kier molecular flexibility index (Phi) is 14.6. The summed E-state index contributed by atoms with van der Waals surface area (Å²) >= 11 is 0. The smallest absolute Gasteiger partial charge is 0.289 e. The lowest BCUT2D eigenvalue weighted by Gasteiger charge is -2.19. The van der Waals surface area contributed by atoms with E-state index < -0.39 is 0 Å². The number of aliphatic imine (C=N–C) groups is 1. The molecule has 0 bridgehead atoms. The minimum absolute atomic E-state index is 0.0854. The molecule has 1 amide bonds. The SMILES string of the molecule is CCCCCCCCCCCCCCCCCC(CC)C1OC=NC1=O. The Hall–Kier alpha value is -0.860. The average Bonchev–Trinajstić information content (AvgIpc) is 3.07. The molecule has 1 aliphatic heterocycles. The van der Waals surface area contributed by atoms with Crippen molar-refractivity contribution in [3.63, 3.8) is 0 Å². The van der Waals surface area contributed by atoms with Crippen LogP contribution in [-0.2, 0) is 9.53 Å². The lowest BCUT2D eigenvalue weighted by molar-refractivity contribution is -0.124. The zero-order valence-electron chi connectivity index (χ0n) is 17.5. The molecule has 3 nitrogen and oxygen atoms in total. The summed E-state index contributed by atoms with van der Waals surface area (Å²) in [4.78, 5) is 15.3. The molecular formula is C23H43NO2. The highest BCUT2D eigenvalue weighted by molar-refractivity contribution is 5.91. The monoisotopic (exact) mass is 365 g/mol. The molecule has 2 unspecified atom stereocenters. The van der Waals surface area contributed by atoms with Crippen molar-refractivity contribution in [1.29, 1.82) is 0 Å². The summed E-state index contributed by atoms with van der Waals surface area (Å²) in [5.74, 6) is 0.254. The van der Waals surface area contributed by atoms with Crippen LogP contribution in [0.1, 0.15) is 123 Å². The molecule has 0 N–H and O–H groups in total. The Labute approximate surface area is 162 Å². The second kappa shape index (κ2) is 16.3. The Balaban J connectivity index is 1.81. The molecule has 26 heavy (non-hydrogen) atoms. The molecule has 0 aromatic heterocycles. The van der Waals surface area contributed by atoms with Gasteiger partial charge in [0.2, 0.25) is 0 Å². The van der Waals surface area contributed by atoms with Crippen molar-refractivity contribution < 1.29 is 9.53 Å². The number of hydrogen-bond donors (Lipinski definition) is 0. The van der Waals surface area contributed by atoms with Gasteiger partial charge in [0.05, 0.1) is 0 Å². The molecule has 152 valence electrons. The average molecular weight is 366 g/mol. The lowest BCUT2D eigenvalue weighted by atomic mass is 9.92. The summed E-state index contributed by atoms with van der Waals surface area (Å²) in [5.41, 5.74) is 0. The fourth-order valence-electron chi connectivity index (χ4n) is 3.94. The Morgan fingerprint density at radius 1 is 0.808 bits per heavy atom. The predicted molar refractivity (Wildman–Crippen MR) is 112 cm³/mol. The van der Waals surface area contributed by atoms with Gasteiger partial charge in [-0.25, -0.2) is 0 Å². The highest BCUT2D eigenvalue weighted by atomic mass is 16.5. The van der Waals surface area contributed by atoms with Crippen LogP contribution < -0.4 is 0 Å². The minimum atomic E-state index is -0.299. The van der Waals surface area contributed by atoms with E-state index in [2.05, 4.69) is 18.8 Å². The van der Waals surface area contributed by atoms with Crippen LogP contribution in [0, 0.1) is 5.92 Å². The summed E-state index contributed by atoms with van der Waals surface area (Å²) in [6.45, 7) is 4.43. The molecule has 1 aliphatic rings. The number of carbonyl (C=O) groups excluding carboxylic acids is 1. The van der Waals surface area contributed by atoms with Gasteiger partial charge in [-0.2, -0.15) is 4.99 Å². The molecule has 0 saturated heterocycles. The van der Waals surface area contributed by atoms with Crippen LogP contribution in [0.25, 0.3) is 0 Å². The van der Waals surface area contributed by atoms with Crippen molar-refractivity contribution in [3.05, 3.63) is 0 Å². The van der Waals surface area contributed by atoms with Crippen molar-refractivity contribution >= 4 is 12.3 Å². The van der Waals surface area contributed by atoms with Gasteiger partial charge >= 0.3 is 0 Å². The summed E-state index contributed by atoms with van der Waals surface area (Å²) in [6, 6.07) is 0. The van der Waals surface area contributed by atoms with Crippen LogP contribution in [0.4, 0.5) is 0 Å². The Morgan fingerprint density at radius 3 is 1.65 bits per heavy atom. The van der Waals surface area contributed by atoms with Gasteiger partial charge in [-0.1, -0.05) is 110 Å². The van der Waals surface area contributed by atoms with Gasteiger partial charge in [0.1, 0.15) is 0 Å². The third kappa shape index (κ3) is 11.0. The summed E-state index contributed by atoms with van der Waals surface area (Å²) in [6.07, 6.45) is 24.0. The van der Waals surface area contributed by atoms with Gasteiger partial charge in [-0.3, -0.25) is 4.79 Å². The molecule has 0 aromatic carbocycles. The molecule has 1 heterocycles. The Bertz CT molecular complexity index is 367. The third-order valence-electron chi connectivity index (χ3n) is 5.76. The quantitative estimate of drug-likeness (QED) is 0.240. The molecular weight excluding hydrogens is 322 g/mol. The first-order valence-electron chi connectivity index (χ1n) is 11.5. The standard InChI is InChI=1S/C23H43NO2/c1-3-5-6-7-8-9-10-11-12-13-14-15-16-17-18-19-21(4-2)22-23(25)24-20-26-22/h20-22H,3-19H2,1-2H3. The zero-order valence-corrected chi connectivity index (χ0v) is 17.5. The van der Waals surface area contributed by atoms with Crippen molar-refractivity contribution in [2.45, 2.75) is 129 Å². The van der Waals surface area contributed by atoms with E-state index in [1.165, 1.54) is 103 Å². The molecule has 0 saturated carbocycles. The number of carbonyl (C=O) groups is 1. The van der Waals surface area contributed by atoms with Gasteiger partial charge in [0.15, 0.2) is 12.5 Å². The maximum absolute atomic E-state index is 11.6. The summed E-state index contributed by atoms with van der Waals surface area (Å²) < 4.78 is 5.35. The van der Waals surface area contributed by atoms with E-state index in [9.17, 15) is 4.79 Å². The summed E-state index contributed by atoms with van der Waals surface area (Å²) in [7, 11) is 0. The first-order chi connectivity index (χ1) is 12.8. The van der Waals surface area contributed by atoms with E-state index in [1.54, 1.807) is 0 Å². The second-order valence-corrected chi connectivity index (χ2v) is 8.04. The maximum atomic E-state index is 11.6. The molecule has 3 heteroatoms. The van der Waals surface area contributed by atoms with Gasteiger partial charge in [-0.15, -0.1) is 0 Å². The Morgan fingerprint density at radius 2 is 1.27 bits per heavy atom. The molecule has 1 rings (SSSR count). The minimum Gasteiger partial charge on any atom is -0.470 e. The van der Waals surface area contributed by atoms with Gasteiger partial charge in [-0.05, 0) is 12.8 Å². The number of nitrogens with zero attached hydrogens (tertiary/aromatic N) is 1. The molecule has 0 aliphatic carbocycles. The topological polar surface area (TPSA) is 38.7 Å². The highest BCUT2D eigenvalue weighted by Crippen LogP contribution is 2.23. The van der Waals surface area contributed by atoms with Gasteiger partial charge < -0.3 is 4.74 Å².